The molecule has 2 atom stereocenters. The highest BCUT2D eigenvalue weighted by Crippen LogP contribution is 2.32. The van der Waals surface area contributed by atoms with Crippen molar-refractivity contribution in [3.8, 4) is 0 Å². The monoisotopic (exact) mass is 432 g/mol. The van der Waals surface area contributed by atoms with Crippen LogP contribution in [-0.2, 0) is 20.8 Å². The van der Waals surface area contributed by atoms with Crippen LogP contribution in [0.3, 0.4) is 0 Å². The molecule has 0 aliphatic rings. The van der Waals surface area contributed by atoms with Gasteiger partial charge in [-0.2, -0.15) is 0 Å². The van der Waals surface area contributed by atoms with Gasteiger partial charge < -0.3 is 5.73 Å². The van der Waals surface area contributed by atoms with Crippen LogP contribution in [0.4, 0.5) is 5.69 Å². The smallest absolute Gasteiger partial charge is 0.242 e. The maximum Gasteiger partial charge on any atom is 0.242 e. The lowest BCUT2D eigenvalue weighted by molar-refractivity contribution is 0.579. The fourth-order valence-electron chi connectivity index (χ4n) is 1.25. The van der Waals surface area contributed by atoms with Gasteiger partial charge in [0.15, 0.2) is 0 Å². The number of nitrogen functional groups attached to an aromatic ring is 1. The van der Waals surface area contributed by atoms with Crippen molar-refractivity contribution in [3.05, 3.63) is 21.1 Å². The summed E-state index contributed by atoms with van der Waals surface area (Å²) in [6.45, 7) is 1.82. The minimum atomic E-state index is -3.70. The normalized spacial score (nSPS) is 15.2. The van der Waals surface area contributed by atoms with E-state index in [9.17, 15) is 12.6 Å². The van der Waals surface area contributed by atoms with Crippen molar-refractivity contribution in [2.24, 2.45) is 0 Å². The minimum absolute atomic E-state index is 0.0794. The van der Waals surface area contributed by atoms with E-state index < -0.39 is 20.8 Å². The fourth-order valence-corrected chi connectivity index (χ4v) is 5.42. The third-order valence-corrected chi connectivity index (χ3v) is 7.02. The second-order valence-electron chi connectivity index (χ2n) is 3.97. The van der Waals surface area contributed by atoms with Gasteiger partial charge in [-0.05, 0) is 50.9 Å². The summed E-state index contributed by atoms with van der Waals surface area (Å²) in [6.07, 6.45) is 1.54. The molecule has 1 rings (SSSR count). The van der Waals surface area contributed by atoms with Gasteiger partial charge in [0.2, 0.25) is 10.0 Å². The first-order chi connectivity index (χ1) is 8.65. The van der Waals surface area contributed by atoms with Crippen molar-refractivity contribution in [2.45, 2.75) is 17.1 Å². The van der Waals surface area contributed by atoms with E-state index in [0.717, 1.165) is 0 Å². The molecule has 0 spiro atoms. The Morgan fingerprint density at radius 2 is 1.84 bits per heavy atom. The molecular weight excluding hydrogens is 420 g/mol. The average Bonchev–Trinajstić information content (AvgIpc) is 2.23. The first-order valence-corrected chi connectivity index (χ1v) is 9.90. The van der Waals surface area contributed by atoms with Gasteiger partial charge in [0.05, 0.1) is 0 Å². The highest BCUT2D eigenvalue weighted by atomic mass is 79.9. The highest BCUT2D eigenvalue weighted by Gasteiger charge is 2.22. The molecule has 19 heavy (non-hydrogen) atoms. The van der Waals surface area contributed by atoms with Crippen molar-refractivity contribution in [1.29, 1.82) is 0 Å². The van der Waals surface area contributed by atoms with Crippen LogP contribution in [0.25, 0.3) is 0 Å². The zero-order chi connectivity index (χ0) is 14.8. The molecule has 0 amide bonds. The van der Waals surface area contributed by atoms with Crippen molar-refractivity contribution >= 4 is 58.4 Å². The molecule has 0 saturated carbocycles. The number of nitrogens with two attached hydrogens (primary N) is 1. The Balaban J connectivity index is 3.05. The Bertz CT molecular complexity index is 582. The second-order valence-corrected chi connectivity index (χ2v) is 9.19. The third-order valence-electron chi connectivity index (χ3n) is 2.42. The number of rotatable bonds is 5. The van der Waals surface area contributed by atoms with Crippen molar-refractivity contribution in [3.63, 3.8) is 0 Å². The van der Waals surface area contributed by atoms with Crippen LogP contribution in [0, 0.1) is 0 Å². The SMILES string of the molecule is CC(CNS(=O)(=O)c1c(Br)cc(N)cc1Br)S(C)=O. The maximum atomic E-state index is 12.2. The van der Waals surface area contributed by atoms with Crippen LogP contribution in [0.15, 0.2) is 26.0 Å². The summed E-state index contributed by atoms with van der Waals surface area (Å²) in [5.74, 6) is 0. The summed E-state index contributed by atoms with van der Waals surface area (Å²) in [4.78, 5) is 0.0794. The molecule has 1 aromatic rings. The van der Waals surface area contributed by atoms with E-state index >= 15 is 0 Å². The Morgan fingerprint density at radius 1 is 1.37 bits per heavy atom. The van der Waals surface area contributed by atoms with Gasteiger partial charge in [0.1, 0.15) is 4.90 Å². The predicted octanol–water partition coefficient (Wildman–Crippen LogP) is 1.84. The summed E-state index contributed by atoms with van der Waals surface area (Å²) >= 11 is 6.36. The van der Waals surface area contributed by atoms with Gasteiger partial charge in [-0.25, -0.2) is 13.1 Å². The molecule has 0 aliphatic heterocycles. The van der Waals surface area contributed by atoms with Crippen LogP contribution < -0.4 is 10.5 Å². The molecule has 2 unspecified atom stereocenters. The average molecular weight is 434 g/mol. The van der Waals surface area contributed by atoms with Crippen molar-refractivity contribution in [2.75, 3.05) is 18.5 Å². The number of halogens is 2. The van der Waals surface area contributed by atoms with Gasteiger partial charge in [0, 0.05) is 43.5 Å². The van der Waals surface area contributed by atoms with E-state index in [-0.39, 0.29) is 16.7 Å². The molecule has 0 bridgehead atoms. The first kappa shape index (κ1) is 17.1. The zero-order valence-corrected chi connectivity index (χ0v) is 15.1. The molecule has 0 saturated heterocycles. The number of sulfonamides is 1. The largest absolute Gasteiger partial charge is 0.399 e. The molecule has 3 N–H and O–H groups in total. The van der Waals surface area contributed by atoms with Crippen LogP contribution in [0.1, 0.15) is 6.92 Å². The molecule has 0 fully saturated rings. The lowest BCUT2D eigenvalue weighted by Gasteiger charge is -2.13. The molecule has 108 valence electrons. The third kappa shape index (κ3) is 4.52. The van der Waals surface area contributed by atoms with E-state index in [1.54, 1.807) is 6.92 Å². The van der Waals surface area contributed by atoms with Gasteiger partial charge in [-0.1, -0.05) is 0 Å². The topological polar surface area (TPSA) is 89.3 Å². The van der Waals surface area contributed by atoms with E-state index in [4.69, 9.17) is 5.73 Å². The molecule has 0 radical (unpaired) electrons. The summed E-state index contributed by atoms with van der Waals surface area (Å²) in [5, 5.41) is -0.263. The number of hydrogen-bond acceptors (Lipinski definition) is 4. The zero-order valence-electron chi connectivity index (χ0n) is 10.3. The first-order valence-electron chi connectivity index (χ1n) is 5.21. The molecule has 9 heteroatoms. The van der Waals surface area contributed by atoms with Gasteiger partial charge >= 0.3 is 0 Å². The van der Waals surface area contributed by atoms with E-state index in [2.05, 4.69) is 36.6 Å². The number of hydrogen-bond donors (Lipinski definition) is 2. The highest BCUT2D eigenvalue weighted by molar-refractivity contribution is 9.11. The Labute approximate surface area is 132 Å². The minimum Gasteiger partial charge on any atom is -0.399 e. The quantitative estimate of drug-likeness (QED) is 0.693. The Hall–Kier alpha value is 0.0400. The van der Waals surface area contributed by atoms with Gasteiger partial charge in [0.25, 0.3) is 0 Å². The van der Waals surface area contributed by atoms with Gasteiger partial charge in [-0.3, -0.25) is 4.21 Å². The molecule has 1 aromatic carbocycles. The lowest BCUT2D eigenvalue weighted by atomic mass is 10.3. The lowest BCUT2D eigenvalue weighted by Crippen LogP contribution is -2.33. The van der Waals surface area contributed by atoms with Crippen molar-refractivity contribution < 1.29 is 12.6 Å². The fraction of sp³-hybridized carbons (Fsp3) is 0.400. The van der Waals surface area contributed by atoms with E-state index in [1.165, 1.54) is 18.4 Å². The standard InChI is InChI=1S/C10H14Br2N2O3S2/c1-6(18(2)15)5-14-19(16,17)10-8(11)3-7(13)4-9(10)12/h3-4,6,14H,5,13H2,1-2H3. The molecule has 0 heterocycles. The molecular formula is C10H14Br2N2O3S2. The van der Waals surface area contributed by atoms with Crippen LogP contribution in [-0.4, -0.2) is 30.7 Å². The Morgan fingerprint density at radius 3 is 2.26 bits per heavy atom. The summed E-state index contributed by atoms with van der Waals surface area (Å²) in [6, 6.07) is 3.03. The molecule has 0 aliphatic carbocycles. The van der Waals surface area contributed by atoms with Crippen LogP contribution in [0.2, 0.25) is 0 Å². The number of anilines is 1. The predicted molar refractivity (Wildman–Crippen MR) is 85.0 cm³/mol. The molecule has 5 nitrogen and oxygen atoms in total. The summed E-state index contributed by atoms with van der Waals surface area (Å²) in [5.41, 5.74) is 6.06. The number of nitrogens with one attached hydrogen (secondary N) is 1. The van der Waals surface area contributed by atoms with Crippen LogP contribution in [0.5, 0.6) is 0 Å². The van der Waals surface area contributed by atoms with Crippen molar-refractivity contribution in [1.82, 2.24) is 4.72 Å². The molecule has 0 aromatic heterocycles. The van der Waals surface area contributed by atoms with E-state index in [1.807, 2.05) is 0 Å². The van der Waals surface area contributed by atoms with E-state index in [0.29, 0.717) is 14.6 Å². The summed E-state index contributed by atoms with van der Waals surface area (Å²) < 4.78 is 38.8. The second kappa shape index (κ2) is 6.66. The van der Waals surface area contributed by atoms with Crippen LogP contribution >= 0.6 is 31.9 Å². The Kier molecular flexibility index (Phi) is 5.99. The number of benzene rings is 1. The van der Waals surface area contributed by atoms with Gasteiger partial charge in [-0.15, -0.1) is 0 Å². The maximum absolute atomic E-state index is 12.2. The summed E-state index contributed by atoms with van der Waals surface area (Å²) in [7, 11) is -4.79.